The van der Waals surface area contributed by atoms with Gasteiger partial charge in [0.2, 0.25) is 5.91 Å². The van der Waals surface area contributed by atoms with E-state index in [1.165, 1.54) is 6.42 Å². The van der Waals surface area contributed by atoms with E-state index in [0.29, 0.717) is 5.92 Å². The van der Waals surface area contributed by atoms with Crippen molar-refractivity contribution in [2.24, 2.45) is 11.7 Å². The van der Waals surface area contributed by atoms with Crippen molar-refractivity contribution < 1.29 is 9.53 Å². The van der Waals surface area contributed by atoms with E-state index in [1.807, 2.05) is 4.90 Å². The molecule has 4 nitrogen and oxygen atoms in total. The molecule has 0 aromatic carbocycles. The first-order valence-corrected chi connectivity index (χ1v) is 7.23. The van der Waals surface area contributed by atoms with Gasteiger partial charge < -0.3 is 15.4 Å². The van der Waals surface area contributed by atoms with Gasteiger partial charge in [0, 0.05) is 20.2 Å². The molecule has 1 atom stereocenters. The summed E-state index contributed by atoms with van der Waals surface area (Å²) in [6.07, 6.45) is 7.37. The van der Waals surface area contributed by atoms with Crippen LogP contribution in [0.15, 0.2) is 0 Å². The largest absolute Gasteiger partial charge is 0.384 e. The number of carbonyl (C=O) groups is 1. The number of likely N-dealkylation sites (tertiary alicyclic amines) is 1. The van der Waals surface area contributed by atoms with Gasteiger partial charge in [-0.3, -0.25) is 4.79 Å². The fourth-order valence-electron chi connectivity index (χ4n) is 3.33. The normalized spacial score (nSPS) is 28.1. The average molecular weight is 254 g/mol. The van der Waals surface area contributed by atoms with Crippen LogP contribution >= 0.6 is 0 Å². The molecule has 2 rings (SSSR count). The topological polar surface area (TPSA) is 55.6 Å². The Morgan fingerprint density at radius 1 is 1.33 bits per heavy atom. The summed E-state index contributed by atoms with van der Waals surface area (Å²) in [4.78, 5) is 14.6. The molecular weight excluding hydrogens is 228 g/mol. The molecule has 2 fully saturated rings. The molecule has 1 heterocycles. The van der Waals surface area contributed by atoms with Crippen molar-refractivity contribution in [2.75, 3.05) is 26.8 Å². The summed E-state index contributed by atoms with van der Waals surface area (Å²) in [5.74, 6) is 0.669. The summed E-state index contributed by atoms with van der Waals surface area (Å²) < 4.78 is 5.21. The Morgan fingerprint density at radius 3 is 2.72 bits per heavy atom. The van der Waals surface area contributed by atoms with Crippen LogP contribution in [0, 0.1) is 5.92 Å². The maximum atomic E-state index is 12.6. The standard InChI is InChI=1S/C14H26N2O2/c1-18-11-12-6-5-9-16(10-12)13(17)14(15)7-3-2-4-8-14/h12H,2-11,15H2,1H3. The fraction of sp³-hybridized carbons (Fsp3) is 0.929. The first-order valence-electron chi connectivity index (χ1n) is 7.23. The Labute approximate surface area is 110 Å². The fourth-order valence-corrected chi connectivity index (χ4v) is 3.33. The molecule has 1 saturated carbocycles. The van der Waals surface area contributed by atoms with Crippen LogP contribution in [0.25, 0.3) is 0 Å². The van der Waals surface area contributed by atoms with Crippen LogP contribution in [0.5, 0.6) is 0 Å². The lowest BCUT2D eigenvalue weighted by atomic mass is 9.81. The van der Waals surface area contributed by atoms with Crippen molar-refractivity contribution in [3.8, 4) is 0 Å². The van der Waals surface area contributed by atoms with Crippen molar-refractivity contribution >= 4 is 5.91 Å². The van der Waals surface area contributed by atoms with Gasteiger partial charge in [-0.2, -0.15) is 0 Å². The number of methoxy groups -OCH3 is 1. The molecule has 104 valence electrons. The molecule has 4 heteroatoms. The summed E-state index contributed by atoms with van der Waals surface area (Å²) in [6, 6.07) is 0. The second-order valence-corrected chi connectivity index (χ2v) is 5.93. The van der Waals surface area contributed by atoms with Crippen molar-refractivity contribution in [3.05, 3.63) is 0 Å². The van der Waals surface area contributed by atoms with Gasteiger partial charge in [0.25, 0.3) is 0 Å². The van der Waals surface area contributed by atoms with Crippen LogP contribution in [-0.2, 0) is 9.53 Å². The monoisotopic (exact) mass is 254 g/mol. The molecule has 0 aromatic heterocycles. The molecule has 2 aliphatic rings. The van der Waals surface area contributed by atoms with Gasteiger partial charge in [0.1, 0.15) is 0 Å². The molecule has 0 bridgehead atoms. The highest BCUT2D eigenvalue weighted by molar-refractivity contribution is 5.86. The third-order valence-corrected chi connectivity index (χ3v) is 4.38. The zero-order valence-electron chi connectivity index (χ0n) is 11.5. The molecule has 1 unspecified atom stereocenters. The number of amides is 1. The van der Waals surface area contributed by atoms with E-state index in [2.05, 4.69) is 0 Å². The molecule has 1 aliphatic carbocycles. The van der Waals surface area contributed by atoms with Gasteiger partial charge in [-0.1, -0.05) is 19.3 Å². The van der Waals surface area contributed by atoms with Gasteiger partial charge >= 0.3 is 0 Å². The van der Waals surface area contributed by atoms with Crippen LogP contribution in [0.1, 0.15) is 44.9 Å². The van der Waals surface area contributed by atoms with Crippen molar-refractivity contribution in [3.63, 3.8) is 0 Å². The minimum Gasteiger partial charge on any atom is -0.384 e. The number of rotatable bonds is 3. The summed E-state index contributed by atoms with van der Waals surface area (Å²) in [7, 11) is 1.73. The van der Waals surface area contributed by atoms with Crippen LogP contribution in [0.2, 0.25) is 0 Å². The molecule has 1 amide bonds. The van der Waals surface area contributed by atoms with Gasteiger partial charge in [0.05, 0.1) is 12.1 Å². The highest BCUT2D eigenvalue weighted by atomic mass is 16.5. The van der Waals surface area contributed by atoms with Gasteiger partial charge in [-0.05, 0) is 31.6 Å². The number of carbonyl (C=O) groups excluding carboxylic acids is 1. The van der Waals surface area contributed by atoms with Gasteiger partial charge in [0.15, 0.2) is 0 Å². The van der Waals surface area contributed by atoms with E-state index in [1.54, 1.807) is 7.11 Å². The van der Waals surface area contributed by atoms with Crippen LogP contribution < -0.4 is 5.73 Å². The van der Waals surface area contributed by atoms with Crippen LogP contribution in [0.3, 0.4) is 0 Å². The number of piperidine rings is 1. The smallest absolute Gasteiger partial charge is 0.242 e. The zero-order chi connectivity index (χ0) is 13.0. The molecule has 0 spiro atoms. The number of nitrogens with two attached hydrogens (primary N) is 1. The Balaban J connectivity index is 1.95. The predicted molar refractivity (Wildman–Crippen MR) is 71.2 cm³/mol. The lowest BCUT2D eigenvalue weighted by molar-refractivity contribution is -0.140. The molecular formula is C14H26N2O2. The maximum Gasteiger partial charge on any atom is 0.242 e. The van der Waals surface area contributed by atoms with Crippen molar-refractivity contribution in [2.45, 2.75) is 50.5 Å². The summed E-state index contributed by atoms with van der Waals surface area (Å²) in [6.45, 7) is 2.45. The third-order valence-electron chi connectivity index (χ3n) is 4.38. The Kier molecular flexibility index (Phi) is 4.62. The lowest BCUT2D eigenvalue weighted by Gasteiger charge is -2.40. The number of hydrogen-bond acceptors (Lipinski definition) is 3. The molecule has 0 aromatic rings. The Bertz CT molecular complexity index is 286. The third kappa shape index (κ3) is 3.04. The van der Waals surface area contributed by atoms with Crippen LogP contribution in [0.4, 0.5) is 0 Å². The first kappa shape index (κ1) is 13.8. The average Bonchev–Trinajstić information content (AvgIpc) is 2.39. The molecule has 2 N–H and O–H groups in total. The van der Waals surface area contributed by atoms with E-state index in [0.717, 1.165) is 58.2 Å². The summed E-state index contributed by atoms with van der Waals surface area (Å²) >= 11 is 0. The predicted octanol–water partition coefficient (Wildman–Crippen LogP) is 1.53. The number of nitrogens with zero attached hydrogens (tertiary/aromatic N) is 1. The molecule has 1 aliphatic heterocycles. The van der Waals surface area contributed by atoms with Crippen molar-refractivity contribution in [1.82, 2.24) is 4.90 Å². The molecule has 0 radical (unpaired) electrons. The molecule has 18 heavy (non-hydrogen) atoms. The second kappa shape index (κ2) is 6.02. The highest BCUT2D eigenvalue weighted by Gasteiger charge is 2.39. The lowest BCUT2D eigenvalue weighted by Crippen LogP contribution is -2.58. The minimum atomic E-state index is -0.576. The van der Waals surface area contributed by atoms with Gasteiger partial charge in [-0.25, -0.2) is 0 Å². The second-order valence-electron chi connectivity index (χ2n) is 5.93. The van der Waals surface area contributed by atoms with E-state index >= 15 is 0 Å². The summed E-state index contributed by atoms with van der Waals surface area (Å²) in [5.41, 5.74) is 5.75. The Hall–Kier alpha value is -0.610. The quantitative estimate of drug-likeness (QED) is 0.831. The zero-order valence-corrected chi connectivity index (χ0v) is 11.5. The van der Waals surface area contributed by atoms with E-state index in [-0.39, 0.29) is 5.91 Å². The highest BCUT2D eigenvalue weighted by Crippen LogP contribution is 2.29. The van der Waals surface area contributed by atoms with Crippen LogP contribution in [-0.4, -0.2) is 43.2 Å². The Morgan fingerprint density at radius 2 is 2.06 bits per heavy atom. The molecule has 1 saturated heterocycles. The first-order chi connectivity index (χ1) is 8.65. The maximum absolute atomic E-state index is 12.6. The van der Waals surface area contributed by atoms with Gasteiger partial charge in [-0.15, -0.1) is 0 Å². The minimum absolute atomic E-state index is 0.183. The SMILES string of the molecule is COCC1CCCN(C(=O)C2(N)CCCCC2)C1. The van der Waals surface area contributed by atoms with Crippen molar-refractivity contribution in [1.29, 1.82) is 0 Å². The van der Waals surface area contributed by atoms with E-state index in [4.69, 9.17) is 10.5 Å². The number of ether oxygens (including phenoxy) is 1. The van der Waals surface area contributed by atoms with E-state index < -0.39 is 5.54 Å². The number of hydrogen-bond donors (Lipinski definition) is 1. The summed E-state index contributed by atoms with van der Waals surface area (Å²) in [5, 5.41) is 0. The van der Waals surface area contributed by atoms with E-state index in [9.17, 15) is 4.79 Å².